The van der Waals surface area contributed by atoms with E-state index in [0.29, 0.717) is 43.9 Å². The van der Waals surface area contributed by atoms with Crippen LogP contribution >= 0.6 is 0 Å². The minimum atomic E-state index is -0.811. The van der Waals surface area contributed by atoms with E-state index in [0.717, 1.165) is 49.7 Å². The largest absolute Gasteiger partial charge is 0.490 e. The fraction of sp³-hybridized carbons (Fsp3) is 0.600. The molecule has 2 atom stereocenters. The number of benzene rings is 1. The quantitative estimate of drug-likeness (QED) is 0.285. The molecule has 0 radical (unpaired) electrons. The van der Waals surface area contributed by atoms with Gasteiger partial charge >= 0.3 is 0 Å². The molecule has 0 aliphatic heterocycles. The van der Waals surface area contributed by atoms with Crippen LogP contribution in [0.5, 0.6) is 5.75 Å². The van der Waals surface area contributed by atoms with Crippen LogP contribution in [-0.4, -0.2) is 28.9 Å². The summed E-state index contributed by atoms with van der Waals surface area (Å²) in [5.74, 6) is 1.17. The summed E-state index contributed by atoms with van der Waals surface area (Å²) in [5, 5.41) is 0. The summed E-state index contributed by atoms with van der Waals surface area (Å²) < 4.78 is 33.2. The second-order valence-corrected chi connectivity index (χ2v) is 7.95. The summed E-state index contributed by atoms with van der Waals surface area (Å²) >= 11 is 0. The third kappa shape index (κ3) is 9.19. The SMILES string of the molecule is CCCCC[C@H](F)CCOc1cnc(-c2ccc(CC[C@H](F)CCCC)cc2)nc1. The third-order valence-corrected chi connectivity index (χ3v) is 5.28. The van der Waals surface area contributed by atoms with Crippen molar-refractivity contribution in [1.82, 2.24) is 9.97 Å². The fourth-order valence-corrected chi connectivity index (χ4v) is 3.32. The topological polar surface area (TPSA) is 35.0 Å². The average molecular weight is 419 g/mol. The highest BCUT2D eigenvalue weighted by molar-refractivity contribution is 5.55. The monoisotopic (exact) mass is 418 g/mol. The first kappa shape index (κ1) is 24.2. The molecule has 0 unspecified atom stereocenters. The van der Waals surface area contributed by atoms with Crippen molar-refractivity contribution < 1.29 is 13.5 Å². The lowest BCUT2D eigenvalue weighted by atomic mass is 10.0. The van der Waals surface area contributed by atoms with Crippen molar-refractivity contribution in [3.63, 3.8) is 0 Å². The zero-order valence-electron chi connectivity index (χ0n) is 18.5. The highest BCUT2D eigenvalue weighted by Gasteiger charge is 2.09. The van der Waals surface area contributed by atoms with Crippen molar-refractivity contribution in [3.05, 3.63) is 42.2 Å². The van der Waals surface area contributed by atoms with E-state index in [-0.39, 0.29) is 0 Å². The zero-order valence-corrected chi connectivity index (χ0v) is 18.5. The van der Waals surface area contributed by atoms with Gasteiger partial charge in [0, 0.05) is 12.0 Å². The van der Waals surface area contributed by atoms with Crippen molar-refractivity contribution in [2.45, 2.75) is 90.4 Å². The molecule has 0 bridgehead atoms. The second kappa shape index (κ2) is 14.1. The predicted molar refractivity (Wildman–Crippen MR) is 119 cm³/mol. The van der Waals surface area contributed by atoms with E-state index in [1.165, 1.54) is 0 Å². The molecular weight excluding hydrogens is 382 g/mol. The lowest BCUT2D eigenvalue weighted by molar-refractivity contribution is 0.222. The Kier molecular flexibility index (Phi) is 11.3. The van der Waals surface area contributed by atoms with E-state index in [1.54, 1.807) is 12.4 Å². The molecule has 1 aromatic heterocycles. The number of unbranched alkanes of at least 4 members (excludes halogenated alkanes) is 3. The minimum absolute atomic E-state index is 0.332. The van der Waals surface area contributed by atoms with Crippen LogP contribution in [0.15, 0.2) is 36.7 Å². The number of alkyl halides is 2. The molecule has 0 saturated heterocycles. The molecule has 30 heavy (non-hydrogen) atoms. The van der Waals surface area contributed by atoms with Crippen LogP contribution in [0.2, 0.25) is 0 Å². The van der Waals surface area contributed by atoms with Gasteiger partial charge in [-0.2, -0.15) is 0 Å². The van der Waals surface area contributed by atoms with Crippen LogP contribution in [0.25, 0.3) is 11.4 Å². The first-order valence-corrected chi connectivity index (χ1v) is 11.4. The normalized spacial score (nSPS) is 13.2. The molecule has 0 amide bonds. The lowest BCUT2D eigenvalue weighted by Crippen LogP contribution is -2.08. The molecule has 2 aromatic rings. The first-order chi connectivity index (χ1) is 14.6. The van der Waals surface area contributed by atoms with Gasteiger partial charge in [-0.15, -0.1) is 0 Å². The van der Waals surface area contributed by atoms with Crippen molar-refractivity contribution >= 4 is 0 Å². The van der Waals surface area contributed by atoms with Crippen molar-refractivity contribution in [2.24, 2.45) is 0 Å². The van der Waals surface area contributed by atoms with E-state index in [9.17, 15) is 8.78 Å². The van der Waals surface area contributed by atoms with Crippen LogP contribution in [-0.2, 0) is 6.42 Å². The molecule has 1 aromatic carbocycles. The van der Waals surface area contributed by atoms with E-state index in [4.69, 9.17) is 4.74 Å². The van der Waals surface area contributed by atoms with Gasteiger partial charge in [0.1, 0.15) is 12.3 Å². The van der Waals surface area contributed by atoms with E-state index in [2.05, 4.69) is 23.8 Å². The molecule has 2 rings (SSSR count). The van der Waals surface area contributed by atoms with E-state index in [1.807, 2.05) is 24.3 Å². The third-order valence-electron chi connectivity index (χ3n) is 5.28. The molecule has 166 valence electrons. The molecule has 0 fully saturated rings. The van der Waals surface area contributed by atoms with Crippen molar-refractivity contribution in [3.8, 4) is 17.1 Å². The molecule has 3 nitrogen and oxygen atoms in total. The van der Waals surface area contributed by atoms with Crippen LogP contribution in [0.3, 0.4) is 0 Å². The fourth-order valence-electron chi connectivity index (χ4n) is 3.32. The van der Waals surface area contributed by atoms with Crippen LogP contribution < -0.4 is 4.74 Å². The van der Waals surface area contributed by atoms with Gasteiger partial charge in [0.05, 0.1) is 19.0 Å². The van der Waals surface area contributed by atoms with Crippen molar-refractivity contribution in [1.29, 1.82) is 0 Å². The Labute approximate surface area is 180 Å². The number of hydrogen-bond acceptors (Lipinski definition) is 3. The van der Waals surface area contributed by atoms with E-state index < -0.39 is 12.3 Å². The summed E-state index contributed by atoms with van der Waals surface area (Å²) in [7, 11) is 0. The minimum Gasteiger partial charge on any atom is -0.490 e. The molecular formula is C25H36F2N2O. The maximum Gasteiger partial charge on any atom is 0.159 e. The number of ether oxygens (including phenoxy) is 1. The Morgan fingerprint density at radius 2 is 1.43 bits per heavy atom. The highest BCUT2D eigenvalue weighted by atomic mass is 19.1. The second-order valence-electron chi connectivity index (χ2n) is 7.95. The van der Waals surface area contributed by atoms with Crippen LogP contribution in [0, 0.1) is 0 Å². The van der Waals surface area contributed by atoms with Gasteiger partial charge in [0.15, 0.2) is 11.6 Å². The number of rotatable bonds is 15. The smallest absolute Gasteiger partial charge is 0.159 e. The van der Waals surface area contributed by atoms with Gasteiger partial charge in [-0.3, -0.25) is 0 Å². The van der Waals surface area contributed by atoms with Gasteiger partial charge in [-0.05, 0) is 31.2 Å². The summed E-state index contributed by atoms with van der Waals surface area (Å²) in [6, 6.07) is 7.95. The molecule has 0 aliphatic rings. The maximum atomic E-state index is 13.8. The lowest BCUT2D eigenvalue weighted by Gasteiger charge is -2.10. The molecule has 0 N–H and O–H groups in total. The maximum absolute atomic E-state index is 13.8. The Balaban J connectivity index is 1.76. The predicted octanol–water partition coefficient (Wildman–Crippen LogP) is 7.29. The Morgan fingerprint density at radius 1 is 0.800 bits per heavy atom. The summed E-state index contributed by atoms with van der Waals surface area (Å²) in [4.78, 5) is 8.71. The number of nitrogens with zero attached hydrogens (tertiary/aromatic N) is 2. The average Bonchev–Trinajstić information content (AvgIpc) is 2.77. The first-order valence-electron chi connectivity index (χ1n) is 11.4. The number of aryl methyl sites for hydroxylation is 1. The van der Waals surface area contributed by atoms with E-state index >= 15 is 0 Å². The molecule has 0 saturated carbocycles. The Hall–Kier alpha value is -2.04. The molecule has 0 aliphatic carbocycles. The van der Waals surface area contributed by atoms with Crippen molar-refractivity contribution in [2.75, 3.05) is 6.61 Å². The van der Waals surface area contributed by atoms with Crippen LogP contribution in [0.1, 0.15) is 77.2 Å². The summed E-state index contributed by atoms with van der Waals surface area (Å²) in [6.07, 6.45) is 9.79. The Morgan fingerprint density at radius 3 is 2.10 bits per heavy atom. The number of hydrogen-bond donors (Lipinski definition) is 0. The van der Waals surface area contributed by atoms with Crippen LogP contribution in [0.4, 0.5) is 8.78 Å². The van der Waals surface area contributed by atoms with Gasteiger partial charge in [-0.1, -0.05) is 70.2 Å². The van der Waals surface area contributed by atoms with Gasteiger partial charge < -0.3 is 4.74 Å². The zero-order chi connectivity index (χ0) is 21.6. The summed E-state index contributed by atoms with van der Waals surface area (Å²) in [6.45, 7) is 4.53. The number of aromatic nitrogens is 2. The standard InChI is InChI=1S/C25H36F2N2O/c1-3-5-7-9-23(27)16-17-30-24-18-28-25(29-19-24)21-13-10-20(11-14-21)12-15-22(26)8-6-4-2/h10-11,13-14,18-19,22-23H,3-9,12,15-17H2,1-2H3/t22-,23+/m1/s1. The molecule has 0 spiro atoms. The number of halogens is 2. The van der Waals surface area contributed by atoms with Gasteiger partial charge in [0.25, 0.3) is 0 Å². The van der Waals surface area contributed by atoms with Gasteiger partial charge in [-0.25, -0.2) is 18.7 Å². The highest BCUT2D eigenvalue weighted by Crippen LogP contribution is 2.20. The Bertz CT molecular complexity index is 691. The molecule has 5 heteroatoms. The molecule has 1 heterocycles. The van der Waals surface area contributed by atoms with Gasteiger partial charge in [0.2, 0.25) is 0 Å². The summed E-state index contributed by atoms with van der Waals surface area (Å²) in [5.41, 5.74) is 2.03.